The average Bonchev–Trinajstić information content (AvgIpc) is 3.12. The van der Waals surface area contributed by atoms with Crippen LogP contribution in [-0.4, -0.2) is 48.6 Å². The summed E-state index contributed by atoms with van der Waals surface area (Å²) in [5, 5.41) is 0.510. The fourth-order valence-electron chi connectivity index (χ4n) is 3.68. The van der Waals surface area contributed by atoms with Crippen molar-refractivity contribution in [3.8, 4) is 0 Å². The molecule has 0 aliphatic carbocycles. The second kappa shape index (κ2) is 8.51. The smallest absolute Gasteiger partial charge is 0.243 e. The number of nitrogens with zero attached hydrogens (tertiary/aromatic N) is 3. The van der Waals surface area contributed by atoms with Gasteiger partial charge in [-0.05, 0) is 43.7 Å². The molecular weight excluding hydrogens is 422 g/mol. The minimum absolute atomic E-state index is 0.239. The Labute approximate surface area is 181 Å². The highest BCUT2D eigenvalue weighted by Crippen LogP contribution is 2.28. The van der Waals surface area contributed by atoms with E-state index in [-0.39, 0.29) is 4.90 Å². The molecule has 0 spiro atoms. The monoisotopic (exact) mass is 445 g/mol. The standard InChI is InChI=1S/C22H24ClN3O3S/c1-3-26-21-8-7-18(30(27,28)25-9-11-29-12-10-25)15-20(21)24-22(26)19(23)14-17-6-4-5-16(2)13-17/h4-8,13-15H,3,9-12H2,1-2H3/b19-14-. The van der Waals surface area contributed by atoms with Crippen LogP contribution >= 0.6 is 11.6 Å². The molecule has 158 valence electrons. The van der Waals surface area contributed by atoms with E-state index >= 15 is 0 Å². The van der Waals surface area contributed by atoms with E-state index in [4.69, 9.17) is 16.3 Å². The number of ether oxygens (including phenoxy) is 1. The Morgan fingerprint density at radius 3 is 2.67 bits per heavy atom. The van der Waals surface area contributed by atoms with Gasteiger partial charge in [-0.25, -0.2) is 13.4 Å². The van der Waals surface area contributed by atoms with Gasteiger partial charge in [-0.2, -0.15) is 4.31 Å². The van der Waals surface area contributed by atoms with Crippen molar-refractivity contribution in [3.63, 3.8) is 0 Å². The van der Waals surface area contributed by atoms with E-state index in [9.17, 15) is 8.42 Å². The summed E-state index contributed by atoms with van der Waals surface area (Å²) < 4.78 is 34.7. The van der Waals surface area contributed by atoms with E-state index in [1.54, 1.807) is 18.2 Å². The van der Waals surface area contributed by atoms with Gasteiger partial charge < -0.3 is 9.30 Å². The maximum absolute atomic E-state index is 13.0. The average molecular weight is 446 g/mol. The van der Waals surface area contributed by atoms with Crippen LogP contribution in [0.25, 0.3) is 22.1 Å². The largest absolute Gasteiger partial charge is 0.379 e. The number of imidazole rings is 1. The molecule has 1 aliphatic heterocycles. The zero-order valence-electron chi connectivity index (χ0n) is 17.0. The maximum atomic E-state index is 13.0. The molecule has 0 N–H and O–H groups in total. The summed E-state index contributed by atoms with van der Waals surface area (Å²) in [5.74, 6) is 0.622. The number of aromatic nitrogens is 2. The van der Waals surface area contributed by atoms with Crippen LogP contribution in [0.5, 0.6) is 0 Å². The molecule has 0 unspecified atom stereocenters. The Hall–Kier alpha value is -2.19. The first-order valence-electron chi connectivity index (χ1n) is 9.92. The number of rotatable bonds is 5. The van der Waals surface area contributed by atoms with Crippen LogP contribution in [0.15, 0.2) is 47.4 Å². The number of aryl methyl sites for hydroxylation is 2. The molecule has 1 fully saturated rings. The minimum Gasteiger partial charge on any atom is -0.379 e. The normalized spacial score (nSPS) is 16.3. The number of hydrogen-bond acceptors (Lipinski definition) is 4. The highest BCUT2D eigenvalue weighted by molar-refractivity contribution is 7.89. The molecule has 8 heteroatoms. The predicted octanol–water partition coefficient (Wildman–Crippen LogP) is 4.12. The van der Waals surface area contributed by atoms with Gasteiger partial charge in [-0.3, -0.25) is 0 Å². The molecule has 30 heavy (non-hydrogen) atoms. The van der Waals surface area contributed by atoms with Gasteiger partial charge in [0.15, 0.2) is 5.82 Å². The number of halogens is 1. The van der Waals surface area contributed by atoms with Crippen LogP contribution in [0.1, 0.15) is 23.9 Å². The first-order valence-corrected chi connectivity index (χ1v) is 11.7. The molecular formula is C22H24ClN3O3S. The fourth-order valence-corrected chi connectivity index (χ4v) is 5.38. The lowest BCUT2D eigenvalue weighted by atomic mass is 10.1. The van der Waals surface area contributed by atoms with Crippen LogP contribution < -0.4 is 0 Å². The Morgan fingerprint density at radius 2 is 1.97 bits per heavy atom. The zero-order chi connectivity index (χ0) is 21.3. The molecule has 1 saturated heterocycles. The molecule has 6 nitrogen and oxygen atoms in total. The van der Waals surface area contributed by atoms with Gasteiger partial charge in [0.05, 0.1) is 34.2 Å². The second-order valence-corrected chi connectivity index (χ2v) is 9.60. The molecule has 1 aliphatic rings. The van der Waals surface area contributed by atoms with E-state index in [0.717, 1.165) is 16.6 Å². The molecule has 4 rings (SSSR count). The zero-order valence-corrected chi connectivity index (χ0v) is 18.6. The van der Waals surface area contributed by atoms with Gasteiger partial charge in [0, 0.05) is 19.6 Å². The van der Waals surface area contributed by atoms with Crippen molar-refractivity contribution in [2.75, 3.05) is 26.3 Å². The SMILES string of the molecule is CCn1c(/C(Cl)=C/c2cccc(C)c2)nc2cc(S(=O)(=O)N3CCOCC3)ccc21. The highest BCUT2D eigenvalue weighted by Gasteiger charge is 2.27. The van der Waals surface area contributed by atoms with E-state index in [1.165, 1.54) is 4.31 Å². The van der Waals surface area contributed by atoms with Gasteiger partial charge in [0.1, 0.15) is 0 Å². The summed E-state index contributed by atoms with van der Waals surface area (Å²) in [6.07, 6.45) is 1.88. The first-order chi connectivity index (χ1) is 14.4. The summed E-state index contributed by atoms with van der Waals surface area (Å²) in [6.45, 7) is 6.26. The molecule has 0 saturated carbocycles. The third kappa shape index (κ3) is 4.03. The van der Waals surface area contributed by atoms with Crippen molar-refractivity contribution in [3.05, 3.63) is 59.4 Å². The van der Waals surface area contributed by atoms with Gasteiger partial charge in [-0.1, -0.05) is 41.4 Å². The Morgan fingerprint density at radius 1 is 1.20 bits per heavy atom. The lowest BCUT2D eigenvalue weighted by Crippen LogP contribution is -2.40. The Kier molecular flexibility index (Phi) is 5.97. The Balaban J connectivity index is 1.75. The fraction of sp³-hybridized carbons (Fsp3) is 0.318. The third-order valence-corrected chi connectivity index (χ3v) is 7.37. The summed E-state index contributed by atoms with van der Waals surface area (Å²) in [7, 11) is -3.58. The van der Waals surface area contributed by atoms with Crippen molar-refractivity contribution < 1.29 is 13.2 Å². The predicted molar refractivity (Wildman–Crippen MR) is 120 cm³/mol. The van der Waals surface area contributed by atoms with Crippen molar-refractivity contribution in [1.29, 1.82) is 0 Å². The lowest BCUT2D eigenvalue weighted by molar-refractivity contribution is 0.0730. The number of hydrogen-bond donors (Lipinski definition) is 0. The van der Waals surface area contributed by atoms with Crippen LogP contribution in [0.4, 0.5) is 0 Å². The van der Waals surface area contributed by atoms with Crippen molar-refractivity contribution in [2.45, 2.75) is 25.3 Å². The summed E-state index contributed by atoms with van der Waals surface area (Å²) in [5.41, 5.74) is 3.60. The number of sulfonamides is 1. The van der Waals surface area contributed by atoms with Gasteiger partial charge in [0.2, 0.25) is 10.0 Å². The third-order valence-electron chi connectivity index (χ3n) is 5.19. The van der Waals surface area contributed by atoms with Crippen LogP contribution in [-0.2, 0) is 21.3 Å². The minimum atomic E-state index is -3.58. The molecule has 0 bridgehead atoms. The highest BCUT2D eigenvalue weighted by atomic mass is 35.5. The quantitative estimate of drug-likeness (QED) is 0.592. The molecule has 1 aromatic heterocycles. The summed E-state index contributed by atoms with van der Waals surface area (Å²) in [4.78, 5) is 4.92. The lowest BCUT2D eigenvalue weighted by Gasteiger charge is -2.26. The molecule has 0 radical (unpaired) electrons. The second-order valence-electron chi connectivity index (χ2n) is 7.25. The van der Waals surface area contributed by atoms with E-state index < -0.39 is 10.0 Å². The van der Waals surface area contributed by atoms with Crippen LogP contribution in [0, 0.1) is 6.92 Å². The maximum Gasteiger partial charge on any atom is 0.243 e. The molecule has 2 aromatic carbocycles. The number of morpholine rings is 1. The molecule has 0 amide bonds. The number of fused-ring (bicyclic) bond motifs is 1. The first kappa shape index (κ1) is 21.1. The topological polar surface area (TPSA) is 64.4 Å². The Bertz CT molecular complexity index is 1210. The van der Waals surface area contributed by atoms with Crippen LogP contribution in [0.2, 0.25) is 0 Å². The molecule has 2 heterocycles. The molecule has 0 atom stereocenters. The van der Waals surface area contributed by atoms with Crippen molar-refractivity contribution in [1.82, 2.24) is 13.9 Å². The van der Waals surface area contributed by atoms with Gasteiger partial charge in [-0.15, -0.1) is 0 Å². The van der Waals surface area contributed by atoms with Crippen LogP contribution in [0.3, 0.4) is 0 Å². The van der Waals surface area contributed by atoms with E-state index in [1.807, 2.05) is 48.8 Å². The van der Waals surface area contributed by atoms with Gasteiger partial charge >= 0.3 is 0 Å². The van der Waals surface area contributed by atoms with Crippen molar-refractivity contribution >= 4 is 43.8 Å². The number of benzene rings is 2. The van der Waals surface area contributed by atoms with Gasteiger partial charge in [0.25, 0.3) is 0 Å². The van der Waals surface area contributed by atoms with Crippen molar-refractivity contribution in [2.24, 2.45) is 0 Å². The summed E-state index contributed by atoms with van der Waals surface area (Å²) >= 11 is 6.64. The molecule has 3 aromatic rings. The summed E-state index contributed by atoms with van der Waals surface area (Å²) in [6, 6.07) is 13.1. The van der Waals surface area contributed by atoms with E-state index in [2.05, 4.69) is 4.98 Å². The van der Waals surface area contributed by atoms with E-state index in [0.29, 0.717) is 49.2 Å².